The molecule has 0 fully saturated rings. The largest absolute Gasteiger partial charge is 0.330 e. The summed E-state index contributed by atoms with van der Waals surface area (Å²) in [5.41, 5.74) is 5.66. The van der Waals surface area contributed by atoms with Gasteiger partial charge in [-0.3, -0.25) is 4.90 Å². The predicted molar refractivity (Wildman–Crippen MR) is 71.4 cm³/mol. The molecule has 1 rings (SSSR count). The van der Waals surface area contributed by atoms with Crippen molar-refractivity contribution >= 4 is 0 Å². The van der Waals surface area contributed by atoms with E-state index in [2.05, 4.69) is 30.9 Å². The van der Waals surface area contributed by atoms with Crippen molar-refractivity contribution in [3.63, 3.8) is 0 Å². The SMILES string of the molecule is CC(C)C(CCN)CCCN1CC=CCC1. The highest BCUT2D eigenvalue weighted by Gasteiger charge is 2.13. The molecule has 0 spiro atoms. The molecule has 2 N–H and O–H groups in total. The Morgan fingerprint density at radius 3 is 2.62 bits per heavy atom. The van der Waals surface area contributed by atoms with E-state index in [4.69, 9.17) is 5.73 Å². The van der Waals surface area contributed by atoms with Crippen molar-refractivity contribution in [2.45, 2.75) is 39.5 Å². The van der Waals surface area contributed by atoms with Gasteiger partial charge in [0.1, 0.15) is 0 Å². The monoisotopic (exact) mass is 224 g/mol. The zero-order valence-electron chi connectivity index (χ0n) is 11.0. The van der Waals surface area contributed by atoms with Crippen LogP contribution in [0.3, 0.4) is 0 Å². The van der Waals surface area contributed by atoms with Crippen LogP contribution in [-0.2, 0) is 0 Å². The van der Waals surface area contributed by atoms with Crippen LogP contribution >= 0.6 is 0 Å². The molecule has 1 unspecified atom stereocenters. The van der Waals surface area contributed by atoms with Gasteiger partial charge < -0.3 is 5.73 Å². The fourth-order valence-corrected chi connectivity index (χ4v) is 2.50. The van der Waals surface area contributed by atoms with E-state index in [1.54, 1.807) is 0 Å². The summed E-state index contributed by atoms with van der Waals surface area (Å²) in [6, 6.07) is 0. The molecule has 0 aromatic carbocycles. The zero-order valence-corrected chi connectivity index (χ0v) is 11.0. The lowest BCUT2D eigenvalue weighted by Gasteiger charge is -2.25. The Morgan fingerprint density at radius 2 is 2.06 bits per heavy atom. The summed E-state index contributed by atoms with van der Waals surface area (Å²) >= 11 is 0. The van der Waals surface area contributed by atoms with E-state index in [-0.39, 0.29) is 0 Å². The maximum atomic E-state index is 5.66. The molecule has 1 aliphatic rings. The van der Waals surface area contributed by atoms with E-state index in [0.29, 0.717) is 0 Å². The maximum Gasteiger partial charge on any atom is 0.0163 e. The summed E-state index contributed by atoms with van der Waals surface area (Å²) < 4.78 is 0. The molecule has 0 aromatic heterocycles. The van der Waals surface area contributed by atoms with Gasteiger partial charge in [-0.2, -0.15) is 0 Å². The van der Waals surface area contributed by atoms with Crippen molar-refractivity contribution in [1.29, 1.82) is 0 Å². The van der Waals surface area contributed by atoms with Crippen LogP contribution in [0.2, 0.25) is 0 Å². The molecule has 0 saturated heterocycles. The summed E-state index contributed by atoms with van der Waals surface area (Å²) in [5, 5.41) is 0. The van der Waals surface area contributed by atoms with Gasteiger partial charge in [0.25, 0.3) is 0 Å². The molecule has 94 valence electrons. The number of nitrogens with two attached hydrogens (primary N) is 1. The molecule has 16 heavy (non-hydrogen) atoms. The van der Waals surface area contributed by atoms with Crippen LogP contribution in [0.5, 0.6) is 0 Å². The van der Waals surface area contributed by atoms with Crippen LogP contribution in [0.4, 0.5) is 0 Å². The third-order valence-electron chi connectivity index (χ3n) is 3.67. The average Bonchev–Trinajstić information content (AvgIpc) is 2.29. The standard InChI is InChI=1S/C14H28N2/c1-13(2)14(8-9-15)7-6-12-16-10-4-3-5-11-16/h3-4,13-14H,5-12,15H2,1-2H3. The number of hydrogen-bond acceptors (Lipinski definition) is 2. The Bertz CT molecular complexity index is 199. The fraction of sp³-hybridized carbons (Fsp3) is 0.857. The van der Waals surface area contributed by atoms with Gasteiger partial charge in [-0.25, -0.2) is 0 Å². The Kier molecular flexibility index (Phi) is 6.74. The highest BCUT2D eigenvalue weighted by atomic mass is 15.1. The van der Waals surface area contributed by atoms with Crippen molar-refractivity contribution < 1.29 is 0 Å². The topological polar surface area (TPSA) is 29.3 Å². The second kappa shape index (κ2) is 7.86. The second-order valence-electron chi connectivity index (χ2n) is 5.28. The third-order valence-corrected chi connectivity index (χ3v) is 3.67. The zero-order chi connectivity index (χ0) is 11.8. The predicted octanol–water partition coefficient (Wildman–Crippen LogP) is 2.65. The molecule has 1 aliphatic heterocycles. The maximum absolute atomic E-state index is 5.66. The Hall–Kier alpha value is -0.340. The first-order valence-corrected chi connectivity index (χ1v) is 6.81. The summed E-state index contributed by atoms with van der Waals surface area (Å²) in [7, 11) is 0. The van der Waals surface area contributed by atoms with Crippen LogP contribution in [0.15, 0.2) is 12.2 Å². The van der Waals surface area contributed by atoms with Gasteiger partial charge in [-0.1, -0.05) is 26.0 Å². The second-order valence-corrected chi connectivity index (χ2v) is 5.28. The van der Waals surface area contributed by atoms with Crippen LogP contribution in [-0.4, -0.2) is 31.1 Å². The van der Waals surface area contributed by atoms with Crippen molar-refractivity contribution in [3.8, 4) is 0 Å². The Balaban J connectivity index is 2.14. The minimum Gasteiger partial charge on any atom is -0.330 e. The van der Waals surface area contributed by atoms with Crippen LogP contribution in [0.1, 0.15) is 39.5 Å². The number of nitrogens with zero attached hydrogens (tertiary/aromatic N) is 1. The van der Waals surface area contributed by atoms with Gasteiger partial charge in [-0.15, -0.1) is 0 Å². The van der Waals surface area contributed by atoms with Gasteiger partial charge in [0, 0.05) is 13.1 Å². The van der Waals surface area contributed by atoms with Gasteiger partial charge >= 0.3 is 0 Å². The molecule has 1 atom stereocenters. The number of rotatable bonds is 7. The van der Waals surface area contributed by atoms with Gasteiger partial charge in [0.2, 0.25) is 0 Å². The Labute approximate surface area is 101 Å². The molecule has 0 aliphatic carbocycles. The van der Waals surface area contributed by atoms with E-state index in [1.807, 2.05) is 0 Å². The molecular formula is C14H28N2. The van der Waals surface area contributed by atoms with Crippen molar-refractivity contribution in [1.82, 2.24) is 4.90 Å². The summed E-state index contributed by atoms with van der Waals surface area (Å²) in [4.78, 5) is 2.56. The van der Waals surface area contributed by atoms with E-state index in [0.717, 1.165) is 24.9 Å². The van der Waals surface area contributed by atoms with Crippen molar-refractivity contribution in [2.75, 3.05) is 26.2 Å². The van der Waals surface area contributed by atoms with Gasteiger partial charge in [0.15, 0.2) is 0 Å². The highest BCUT2D eigenvalue weighted by molar-refractivity contribution is 4.90. The van der Waals surface area contributed by atoms with Crippen LogP contribution < -0.4 is 5.73 Å². The van der Waals surface area contributed by atoms with Gasteiger partial charge in [0.05, 0.1) is 0 Å². The Morgan fingerprint density at radius 1 is 1.25 bits per heavy atom. The molecule has 0 saturated carbocycles. The average molecular weight is 224 g/mol. The molecule has 2 heteroatoms. The molecule has 2 nitrogen and oxygen atoms in total. The smallest absolute Gasteiger partial charge is 0.0163 e. The van der Waals surface area contributed by atoms with Gasteiger partial charge in [-0.05, 0) is 50.6 Å². The lowest BCUT2D eigenvalue weighted by molar-refractivity contribution is 0.263. The minimum atomic E-state index is 0.782. The molecule has 1 heterocycles. The van der Waals surface area contributed by atoms with Crippen LogP contribution in [0.25, 0.3) is 0 Å². The first-order chi connectivity index (χ1) is 7.74. The lowest BCUT2D eigenvalue weighted by atomic mass is 9.88. The minimum absolute atomic E-state index is 0.782. The number of hydrogen-bond donors (Lipinski definition) is 1. The van der Waals surface area contributed by atoms with E-state index in [9.17, 15) is 0 Å². The summed E-state index contributed by atoms with van der Waals surface area (Å²) in [6.07, 6.45) is 9.69. The molecule has 0 aromatic rings. The van der Waals surface area contributed by atoms with E-state index in [1.165, 1.54) is 38.8 Å². The van der Waals surface area contributed by atoms with Crippen molar-refractivity contribution in [3.05, 3.63) is 12.2 Å². The fourth-order valence-electron chi connectivity index (χ4n) is 2.50. The van der Waals surface area contributed by atoms with E-state index < -0.39 is 0 Å². The molecule has 0 amide bonds. The quantitative estimate of drug-likeness (QED) is 0.674. The third kappa shape index (κ3) is 5.13. The molecular weight excluding hydrogens is 196 g/mol. The van der Waals surface area contributed by atoms with E-state index >= 15 is 0 Å². The van der Waals surface area contributed by atoms with Crippen molar-refractivity contribution in [2.24, 2.45) is 17.6 Å². The lowest BCUT2D eigenvalue weighted by Crippen LogP contribution is -2.28. The first kappa shape index (κ1) is 13.7. The highest BCUT2D eigenvalue weighted by Crippen LogP contribution is 2.20. The summed E-state index contributed by atoms with van der Waals surface area (Å²) in [5.74, 6) is 1.61. The first-order valence-electron chi connectivity index (χ1n) is 6.81. The normalized spacial score (nSPS) is 19.2. The molecule has 0 radical (unpaired) electrons. The summed E-state index contributed by atoms with van der Waals surface area (Å²) in [6.45, 7) is 9.16. The van der Waals surface area contributed by atoms with Crippen LogP contribution in [0, 0.1) is 11.8 Å². The molecule has 0 bridgehead atoms.